The third-order valence-electron chi connectivity index (χ3n) is 4.08. The van der Waals surface area contributed by atoms with E-state index in [4.69, 9.17) is 0 Å². The molecule has 1 saturated carbocycles. The minimum Gasteiger partial charge on any atom is -0.396 e. The van der Waals surface area contributed by atoms with Gasteiger partial charge in [-0.25, -0.2) is 0 Å². The lowest BCUT2D eigenvalue weighted by Gasteiger charge is -2.17. The highest BCUT2D eigenvalue weighted by Gasteiger charge is 2.25. The predicted molar refractivity (Wildman–Crippen MR) is 79.1 cm³/mol. The summed E-state index contributed by atoms with van der Waals surface area (Å²) in [5, 5.41) is 15.4. The lowest BCUT2D eigenvalue weighted by atomic mass is 9.97. The minimum absolute atomic E-state index is 0.0207. The molecule has 1 amide bonds. The summed E-state index contributed by atoms with van der Waals surface area (Å²) in [6.07, 6.45) is 3.46. The van der Waals surface area contributed by atoms with Gasteiger partial charge in [-0.3, -0.25) is 4.79 Å². The lowest BCUT2D eigenvalue weighted by Crippen LogP contribution is -2.36. The Bertz CT molecular complexity index is 408. The number of carbonyl (C=O) groups excluding carboxylic acids is 1. The predicted octanol–water partition coefficient (Wildman–Crippen LogP) is 1.30. The summed E-state index contributed by atoms with van der Waals surface area (Å²) >= 11 is 0. The summed E-state index contributed by atoms with van der Waals surface area (Å²) < 4.78 is 0. The van der Waals surface area contributed by atoms with Crippen LogP contribution in [-0.4, -0.2) is 30.7 Å². The van der Waals surface area contributed by atoms with Crippen molar-refractivity contribution in [1.29, 1.82) is 0 Å². The number of hydrogen-bond acceptors (Lipinski definition) is 3. The summed E-state index contributed by atoms with van der Waals surface area (Å²) in [6.45, 7) is 2.02. The highest BCUT2D eigenvalue weighted by molar-refractivity contribution is 5.77. The molecule has 1 aliphatic carbocycles. The normalized spacial score (nSPS) is 21.9. The van der Waals surface area contributed by atoms with Crippen molar-refractivity contribution < 1.29 is 9.90 Å². The van der Waals surface area contributed by atoms with Gasteiger partial charge in [0.15, 0.2) is 0 Å². The number of benzene rings is 1. The van der Waals surface area contributed by atoms with Crippen LogP contribution in [0.25, 0.3) is 0 Å². The second-order valence-corrected chi connectivity index (χ2v) is 5.53. The fourth-order valence-electron chi connectivity index (χ4n) is 2.85. The molecule has 0 heterocycles. The van der Waals surface area contributed by atoms with Crippen LogP contribution in [-0.2, 0) is 11.3 Å². The first-order valence-electron chi connectivity index (χ1n) is 7.42. The average molecular weight is 276 g/mol. The molecule has 20 heavy (non-hydrogen) atoms. The SMILES string of the molecule is O=C(CNCC1CCCC1CO)NCc1ccccc1. The largest absolute Gasteiger partial charge is 0.396 e. The Morgan fingerprint density at radius 3 is 2.70 bits per heavy atom. The minimum atomic E-state index is 0.0207. The molecule has 3 N–H and O–H groups in total. The van der Waals surface area contributed by atoms with E-state index < -0.39 is 0 Å². The molecule has 4 nitrogen and oxygen atoms in total. The van der Waals surface area contributed by atoms with Gasteiger partial charge in [0, 0.05) is 13.2 Å². The summed E-state index contributed by atoms with van der Waals surface area (Å²) in [4.78, 5) is 11.7. The second-order valence-electron chi connectivity index (χ2n) is 5.53. The van der Waals surface area contributed by atoms with Crippen LogP contribution >= 0.6 is 0 Å². The van der Waals surface area contributed by atoms with Crippen LogP contribution in [0, 0.1) is 11.8 Å². The van der Waals surface area contributed by atoms with Gasteiger partial charge in [-0.05, 0) is 36.8 Å². The lowest BCUT2D eigenvalue weighted by molar-refractivity contribution is -0.120. The van der Waals surface area contributed by atoms with Crippen LogP contribution in [0.5, 0.6) is 0 Å². The Morgan fingerprint density at radius 1 is 1.20 bits per heavy atom. The fraction of sp³-hybridized carbons (Fsp3) is 0.562. The number of aliphatic hydroxyl groups excluding tert-OH is 1. The van der Waals surface area contributed by atoms with Crippen molar-refractivity contribution in [2.45, 2.75) is 25.8 Å². The standard InChI is InChI=1S/C16H24N2O2/c19-12-15-8-4-7-14(15)10-17-11-16(20)18-9-13-5-2-1-3-6-13/h1-3,5-6,14-15,17,19H,4,7-12H2,(H,18,20). The van der Waals surface area contributed by atoms with Gasteiger partial charge in [-0.2, -0.15) is 0 Å². The zero-order chi connectivity index (χ0) is 14.2. The van der Waals surface area contributed by atoms with Gasteiger partial charge in [0.25, 0.3) is 0 Å². The molecule has 1 fully saturated rings. The molecule has 0 aliphatic heterocycles. The van der Waals surface area contributed by atoms with Gasteiger partial charge in [-0.1, -0.05) is 36.8 Å². The van der Waals surface area contributed by atoms with E-state index in [-0.39, 0.29) is 12.5 Å². The van der Waals surface area contributed by atoms with Crippen LogP contribution < -0.4 is 10.6 Å². The molecule has 0 bridgehead atoms. The fourth-order valence-corrected chi connectivity index (χ4v) is 2.85. The first-order chi connectivity index (χ1) is 9.79. The van der Waals surface area contributed by atoms with Crippen molar-refractivity contribution in [3.8, 4) is 0 Å². The number of carbonyl (C=O) groups is 1. The van der Waals surface area contributed by atoms with Crippen molar-refractivity contribution in [1.82, 2.24) is 10.6 Å². The van der Waals surface area contributed by atoms with E-state index in [9.17, 15) is 9.90 Å². The quantitative estimate of drug-likeness (QED) is 0.703. The molecular formula is C16H24N2O2. The van der Waals surface area contributed by atoms with Crippen molar-refractivity contribution in [3.05, 3.63) is 35.9 Å². The molecule has 1 aromatic rings. The van der Waals surface area contributed by atoms with Gasteiger partial charge in [0.1, 0.15) is 0 Å². The van der Waals surface area contributed by atoms with Gasteiger partial charge < -0.3 is 15.7 Å². The molecule has 4 heteroatoms. The van der Waals surface area contributed by atoms with E-state index in [1.54, 1.807) is 0 Å². The Balaban J connectivity index is 1.61. The Labute approximate surface area is 120 Å². The molecule has 2 unspecified atom stereocenters. The van der Waals surface area contributed by atoms with E-state index in [0.717, 1.165) is 24.9 Å². The first-order valence-corrected chi connectivity index (χ1v) is 7.42. The smallest absolute Gasteiger partial charge is 0.234 e. The van der Waals surface area contributed by atoms with Crippen molar-refractivity contribution in [3.63, 3.8) is 0 Å². The number of amides is 1. The van der Waals surface area contributed by atoms with E-state index in [1.165, 1.54) is 6.42 Å². The Kier molecular flexibility index (Phi) is 6.02. The molecule has 0 spiro atoms. The number of hydrogen-bond donors (Lipinski definition) is 3. The highest BCUT2D eigenvalue weighted by Crippen LogP contribution is 2.30. The maximum Gasteiger partial charge on any atom is 0.234 e. The van der Waals surface area contributed by atoms with Crippen molar-refractivity contribution >= 4 is 5.91 Å². The van der Waals surface area contributed by atoms with Gasteiger partial charge in [-0.15, -0.1) is 0 Å². The second kappa shape index (κ2) is 8.02. The van der Waals surface area contributed by atoms with Gasteiger partial charge in [0.2, 0.25) is 5.91 Å². The molecule has 1 aliphatic rings. The van der Waals surface area contributed by atoms with Crippen LogP contribution in [0.4, 0.5) is 0 Å². The van der Waals surface area contributed by atoms with E-state index in [2.05, 4.69) is 10.6 Å². The molecule has 1 aromatic carbocycles. The third-order valence-corrected chi connectivity index (χ3v) is 4.08. The molecule has 0 saturated heterocycles. The van der Waals surface area contributed by atoms with Crippen molar-refractivity contribution in [2.24, 2.45) is 11.8 Å². The van der Waals surface area contributed by atoms with Crippen molar-refractivity contribution in [2.75, 3.05) is 19.7 Å². The average Bonchev–Trinajstić information content (AvgIpc) is 2.94. The number of aliphatic hydroxyl groups is 1. The topological polar surface area (TPSA) is 61.4 Å². The molecule has 2 atom stereocenters. The maximum absolute atomic E-state index is 11.7. The van der Waals surface area contributed by atoms with Crippen LogP contribution in [0.1, 0.15) is 24.8 Å². The molecular weight excluding hydrogens is 252 g/mol. The van der Waals surface area contributed by atoms with E-state index in [1.807, 2.05) is 30.3 Å². The molecule has 0 radical (unpaired) electrons. The monoisotopic (exact) mass is 276 g/mol. The zero-order valence-corrected chi connectivity index (χ0v) is 11.8. The highest BCUT2D eigenvalue weighted by atomic mass is 16.3. The molecule has 0 aromatic heterocycles. The molecule has 2 rings (SSSR count). The number of rotatable bonds is 7. The molecule has 110 valence electrons. The summed E-state index contributed by atoms with van der Waals surface area (Å²) in [7, 11) is 0. The Morgan fingerprint density at radius 2 is 1.95 bits per heavy atom. The summed E-state index contributed by atoms with van der Waals surface area (Å²) in [6, 6.07) is 9.89. The number of nitrogens with one attached hydrogen (secondary N) is 2. The van der Waals surface area contributed by atoms with E-state index >= 15 is 0 Å². The van der Waals surface area contributed by atoms with E-state index in [0.29, 0.717) is 24.9 Å². The third kappa shape index (κ3) is 4.62. The first kappa shape index (κ1) is 15.0. The zero-order valence-electron chi connectivity index (χ0n) is 11.8. The van der Waals surface area contributed by atoms with Gasteiger partial charge in [0.05, 0.1) is 6.54 Å². The van der Waals surface area contributed by atoms with Gasteiger partial charge >= 0.3 is 0 Å². The van der Waals surface area contributed by atoms with Crippen LogP contribution in [0.2, 0.25) is 0 Å². The Hall–Kier alpha value is -1.39. The van der Waals surface area contributed by atoms with Crippen LogP contribution in [0.3, 0.4) is 0 Å². The summed E-state index contributed by atoms with van der Waals surface area (Å²) in [5.41, 5.74) is 1.11. The summed E-state index contributed by atoms with van der Waals surface area (Å²) in [5.74, 6) is 0.948. The van der Waals surface area contributed by atoms with Crippen LogP contribution in [0.15, 0.2) is 30.3 Å². The maximum atomic E-state index is 11.7.